The number of thioether (sulfide) groups is 1. The summed E-state index contributed by atoms with van der Waals surface area (Å²) in [5.41, 5.74) is 1.72. The maximum absolute atomic E-state index is 14.7. The fourth-order valence-electron chi connectivity index (χ4n) is 6.98. The molecule has 3 aliphatic heterocycles. The van der Waals surface area contributed by atoms with Gasteiger partial charge in [0.2, 0.25) is 11.8 Å². The molecule has 1 spiro atoms. The first-order chi connectivity index (χ1) is 18.9. The van der Waals surface area contributed by atoms with Gasteiger partial charge in [-0.2, -0.15) is 0 Å². The molecule has 3 fully saturated rings. The highest BCUT2D eigenvalue weighted by Gasteiger charge is 2.77. The Hall–Kier alpha value is -3.10. The standard InChI is InChI=1S/C31H36N2O5S/c1-4-16-32(18-21-12-8-6-9-13-21)29(36)27-31-20(3)17-24(39-31)25(30(37)38-5-2)26(31)28(35)33(27)23(19-34)22-14-10-7-11-15-22/h4,6-15,20,23-27,34H,1,5,16-19H2,2-3H3/t20?,23-,24-,25+,26+,27?,31?/m1/s1. The molecule has 2 amide bonds. The van der Waals surface area contributed by atoms with E-state index in [2.05, 4.69) is 13.5 Å². The van der Waals surface area contributed by atoms with Crippen LogP contribution in [0.1, 0.15) is 37.4 Å². The zero-order valence-corrected chi connectivity index (χ0v) is 23.3. The lowest BCUT2D eigenvalue weighted by molar-refractivity contribution is -0.154. The van der Waals surface area contributed by atoms with Crippen LogP contribution in [0.3, 0.4) is 0 Å². The van der Waals surface area contributed by atoms with Gasteiger partial charge in [0, 0.05) is 18.3 Å². The molecule has 2 bridgehead atoms. The molecule has 3 unspecified atom stereocenters. The van der Waals surface area contributed by atoms with Gasteiger partial charge in [0.15, 0.2) is 0 Å². The minimum Gasteiger partial charge on any atom is -0.466 e. The minimum absolute atomic E-state index is 0.0171. The summed E-state index contributed by atoms with van der Waals surface area (Å²) in [4.78, 5) is 45.7. The topological polar surface area (TPSA) is 87.2 Å². The molecule has 0 aromatic heterocycles. The van der Waals surface area contributed by atoms with Crippen molar-refractivity contribution in [1.29, 1.82) is 0 Å². The van der Waals surface area contributed by atoms with E-state index < -0.39 is 28.7 Å². The molecule has 1 N–H and O–H groups in total. The van der Waals surface area contributed by atoms with Crippen LogP contribution >= 0.6 is 11.8 Å². The van der Waals surface area contributed by atoms with Crippen LogP contribution in [0.15, 0.2) is 73.3 Å². The fourth-order valence-corrected chi connectivity index (χ4v) is 9.37. The van der Waals surface area contributed by atoms with Gasteiger partial charge in [0.25, 0.3) is 0 Å². The molecule has 206 valence electrons. The van der Waals surface area contributed by atoms with E-state index in [1.807, 2.05) is 60.7 Å². The van der Waals surface area contributed by atoms with Gasteiger partial charge in [-0.1, -0.05) is 73.7 Å². The Labute approximate surface area is 234 Å². The molecule has 7 atom stereocenters. The van der Waals surface area contributed by atoms with Crippen molar-refractivity contribution < 1.29 is 24.2 Å². The van der Waals surface area contributed by atoms with Crippen molar-refractivity contribution in [3.8, 4) is 0 Å². The Bertz CT molecular complexity index is 1220. The molecule has 2 aromatic carbocycles. The van der Waals surface area contributed by atoms with Gasteiger partial charge in [-0.15, -0.1) is 18.3 Å². The number of nitrogens with zero attached hydrogens (tertiary/aromatic N) is 2. The maximum atomic E-state index is 14.7. The van der Waals surface area contributed by atoms with Gasteiger partial charge in [-0.3, -0.25) is 14.4 Å². The summed E-state index contributed by atoms with van der Waals surface area (Å²) in [7, 11) is 0. The molecule has 5 rings (SSSR count). The number of hydrogen-bond acceptors (Lipinski definition) is 6. The van der Waals surface area contributed by atoms with E-state index in [0.717, 1.165) is 17.5 Å². The van der Waals surface area contributed by atoms with Crippen molar-refractivity contribution in [2.24, 2.45) is 17.8 Å². The third-order valence-corrected chi connectivity index (χ3v) is 10.6. The van der Waals surface area contributed by atoms with Crippen LogP contribution in [0.4, 0.5) is 0 Å². The number of amides is 2. The lowest BCUT2D eigenvalue weighted by Crippen LogP contribution is -2.57. The lowest BCUT2D eigenvalue weighted by Gasteiger charge is -2.42. The molecule has 39 heavy (non-hydrogen) atoms. The zero-order chi connectivity index (χ0) is 27.7. The molecule has 0 aliphatic carbocycles. The van der Waals surface area contributed by atoms with Gasteiger partial charge in [0.1, 0.15) is 6.04 Å². The zero-order valence-electron chi connectivity index (χ0n) is 22.4. The highest BCUT2D eigenvalue weighted by molar-refractivity contribution is 8.02. The molecule has 7 nitrogen and oxygen atoms in total. The van der Waals surface area contributed by atoms with Crippen molar-refractivity contribution in [1.82, 2.24) is 9.80 Å². The molecular formula is C31H36N2O5S. The Morgan fingerprint density at radius 1 is 1.21 bits per heavy atom. The summed E-state index contributed by atoms with van der Waals surface area (Å²) in [6, 6.07) is 17.5. The van der Waals surface area contributed by atoms with E-state index >= 15 is 0 Å². The Morgan fingerprint density at radius 2 is 1.87 bits per heavy atom. The van der Waals surface area contributed by atoms with E-state index in [1.54, 1.807) is 34.6 Å². The predicted octanol–water partition coefficient (Wildman–Crippen LogP) is 3.84. The molecule has 0 radical (unpaired) electrons. The Balaban J connectivity index is 1.63. The third-order valence-electron chi connectivity index (χ3n) is 8.55. The normalized spacial score (nSPS) is 29.7. The SMILES string of the molecule is C=CCN(Cc1ccccc1)C(=O)C1N([C@H](CO)c2ccccc2)C(=O)[C@@H]2[C@@H](C(=O)OCC)[C@H]3CC(C)C12S3. The highest BCUT2D eigenvalue weighted by atomic mass is 32.2. The Morgan fingerprint density at radius 3 is 2.49 bits per heavy atom. The molecule has 3 heterocycles. The predicted molar refractivity (Wildman–Crippen MR) is 150 cm³/mol. The van der Waals surface area contributed by atoms with Crippen LogP contribution in [0, 0.1) is 17.8 Å². The lowest BCUT2D eigenvalue weighted by atomic mass is 9.66. The highest BCUT2D eigenvalue weighted by Crippen LogP contribution is 2.69. The smallest absolute Gasteiger partial charge is 0.310 e. The summed E-state index contributed by atoms with van der Waals surface area (Å²) in [5.74, 6) is -2.10. The number of fused-ring (bicyclic) bond motifs is 1. The van der Waals surface area contributed by atoms with E-state index in [-0.39, 0.29) is 42.2 Å². The quantitative estimate of drug-likeness (QED) is 0.359. The number of aliphatic hydroxyl groups excluding tert-OH is 1. The second-order valence-electron chi connectivity index (χ2n) is 10.7. The first-order valence-corrected chi connectivity index (χ1v) is 14.5. The van der Waals surface area contributed by atoms with Crippen LogP contribution < -0.4 is 0 Å². The van der Waals surface area contributed by atoms with E-state index in [9.17, 15) is 19.5 Å². The van der Waals surface area contributed by atoms with Crippen molar-refractivity contribution >= 4 is 29.5 Å². The number of ether oxygens (including phenoxy) is 1. The first kappa shape index (κ1) is 27.5. The summed E-state index contributed by atoms with van der Waals surface area (Å²) in [6.07, 6.45) is 2.42. The number of rotatable bonds is 10. The molecule has 2 aromatic rings. The van der Waals surface area contributed by atoms with Crippen molar-refractivity contribution in [2.45, 2.75) is 48.9 Å². The van der Waals surface area contributed by atoms with Crippen LogP contribution in [0.25, 0.3) is 0 Å². The largest absolute Gasteiger partial charge is 0.466 e. The molecular weight excluding hydrogens is 512 g/mol. The van der Waals surface area contributed by atoms with E-state index in [0.29, 0.717) is 13.1 Å². The van der Waals surface area contributed by atoms with Gasteiger partial charge in [-0.25, -0.2) is 0 Å². The molecule has 3 aliphatic rings. The van der Waals surface area contributed by atoms with E-state index in [1.165, 1.54) is 0 Å². The van der Waals surface area contributed by atoms with Gasteiger partial charge >= 0.3 is 5.97 Å². The maximum Gasteiger partial charge on any atom is 0.310 e. The van der Waals surface area contributed by atoms with Crippen LogP contribution in [-0.2, 0) is 25.7 Å². The first-order valence-electron chi connectivity index (χ1n) is 13.6. The number of carbonyl (C=O) groups excluding carboxylic acids is 3. The van der Waals surface area contributed by atoms with E-state index in [4.69, 9.17) is 4.74 Å². The number of aliphatic hydroxyl groups is 1. The average molecular weight is 549 g/mol. The number of hydrogen-bond donors (Lipinski definition) is 1. The molecule has 0 saturated carbocycles. The second kappa shape index (κ2) is 11.2. The Kier molecular flexibility index (Phi) is 7.87. The number of benzene rings is 2. The monoisotopic (exact) mass is 548 g/mol. The number of likely N-dealkylation sites (tertiary alicyclic amines) is 1. The summed E-state index contributed by atoms with van der Waals surface area (Å²) in [5, 5.41) is 10.6. The summed E-state index contributed by atoms with van der Waals surface area (Å²) in [6.45, 7) is 8.31. The minimum atomic E-state index is -0.847. The van der Waals surface area contributed by atoms with Crippen LogP contribution in [-0.4, -0.2) is 68.5 Å². The van der Waals surface area contributed by atoms with Crippen LogP contribution in [0.2, 0.25) is 0 Å². The van der Waals surface area contributed by atoms with Crippen molar-refractivity contribution in [3.63, 3.8) is 0 Å². The number of carbonyl (C=O) groups is 3. The van der Waals surface area contributed by atoms with Gasteiger partial charge in [0.05, 0.1) is 35.8 Å². The fraction of sp³-hybridized carbons (Fsp3) is 0.452. The molecule has 3 saturated heterocycles. The van der Waals surface area contributed by atoms with Gasteiger partial charge < -0.3 is 19.6 Å². The van der Waals surface area contributed by atoms with Gasteiger partial charge in [-0.05, 0) is 30.4 Å². The second-order valence-corrected chi connectivity index (χ2v) is 12.2. The van der Waals surface area contributed by atoms with Crippen molar-refractivity contribution in [2.75, 3.05) is 19.8 Å². The summed E-state index contributed by atoms with van der Waals surface area (Å²) >= 11 is 1.61. The molecule has 8 heteroatoms. The van der Waals surface area contributed by atoms with Crippen molar-refractivity contribution in [3.05, 3.63) is 84.4 Å². The summed E-state index contributed by atoms with van der Waals surface area (Å²) < 4.78 is 4.66. The van der Waals surface area contributed by atoms with Crippen LogP contribution in [0.5, 0.6) is 0 Å². The third kappa shape index (κ3) is 4.47. The average Bonchev–Trinajstić information content (AvgIpc) is 3.54. The number of esters is 1.